The zero-order valence-electron chi connectivity index (χ0n) is 16.0. The summed E-state index contributed by atoms with van der Waals surface area (Å²) in [5, 5.41) is 2.99. The number of rotatable bonds is 5. The van der Waals surface area contributed by atoms with Crippen molar-refractivity contribution in [3.63, 3.8) is 0 Å². The van der Waals surface area contributed by atoms with E-state index in [9.17, 15) is 18.4 Å². The van der Waals surface area contributed by atoms with Gasteiger partial charge in [-0.15, -0.1) is 0 Å². The predicted molar refractivity (Wildman–Crippen MR) is 102 cm³/mol. The molecule has 30 heavy (non-hydrogen) atoms. The molecule has 3 atom stereocenters. The normalized spacial score (nSPS) is 24.9. The Bertz CT molecular complexity index is 1060. The van der Waals surface area contributed by atoms with Gasteiger partial charge < -0.3 is 25.1 Å². The van der Waals surface area contributed by atoms with Gasteiger partial charge in [-0.2, -0.15) is 0 Å². The summed E-state index contributed by atoms with van der Waals surface area (Å²) < 4.78 is 40.0. The Labute approximate surface area is 169 Å². The molecule has 0 spiro atoms. The van der Waals surface area contributed by atoms with Crippen molar-refractivity contribution < 1.29 is 27.8 Å². The molecule has 2 unspecified atom stereocenters. The van der Waals surface area contributed by atoms with Crippen LogP contribution in [-0.4, -0.2) is 52.3 Å². The number of carbonyl (C=O) groups excluding carboxylic acids is 2. The molecule has 1 saturated carbocycles. The van der Waals surface area contributed by atoms with E-state index in [2.05, 4.69) is 10.3 Å². The van der Waals surface area contributed by atoms with Crippen LogP contribution in [0.25, 0.3) is 11.4 Å². The highest BCUT2D eigenvalue weighted by Crippen LogP contribution is 2.55. The minimum absolute atomic E-state index is 0.0887. The maximum absolute atomic E-state index is 13.7. The molecule has 9 nitrogen and oxygen atoms in total. The van der Waals surface area contributed by atoms with E-state index in [1.54, 1.807) is 35.9 Å². The maximum atomic E-state index is 13.7. The third-order valence-electron chi connectivity index (χ3n) is 5.74. The van der Waals surface area contributed by atoms with Crippen molar-refractivity contribution in [3.05, 3.63) is 24.4 Å². The standard InChI is InChI=1S/C19H19F2N5O4/c1-9(15(22)27)23-10-2-3-11-12(6-10)29-5-4-25-8-14(24-16(11)25)26-18(28)30-13-7-19(13,26)17(20)21/h2-3,6,8-9,13,17,23H,4-5,7H2,1H3,(H2,22,27)/t9?,13?,19-/m0/s1. The monoisotopic (exact) mass is 419 g/mol. The van der Waals surface area contributed by atoms with Gasteiger partial charge in [-0.05, 0) is 19.1 Å². The van der Waals surface area contributed by atoms with E-state index in [4.69, 9.17) is 15.2 Å². The summed E-state index contributed by atoms with van der Waals surface area (Å²) in [6.07, 6.45) is -2.68. The summed E-state index contributed by atoms with van der Waals surface area (Å²) in [7, 11) is 0. The molecule has 1 aromatic heterocycles. The van der Waals surface area contributed by atoms with E-state index in [0.29, 0.717) is 36.0 Å². The van der Waals surface area contributed by atoms with Crippen LogP contribution >= 0.6 is 0 Å². The second kappa shape index (κ2) is 6.31. The molecule has 2 aromatic rings. The van der Waals surface area contributed by atoms with E-state index in [0.717, 1.165) is 4.90 Å². The first kappa shape index (κ1) is 18.6. The van der Waals surface area contributed by atoms with Gasteiger partial charge in [-0.1, -0.05) is 0 Å². The van der Waals surface area contributed by atoms with Crippen molar-refractivity contribution in [2.75, 3.05) is 16.8 Å². The van der Waals surface area contributed by atoms with E-state index in [1.807, 2.05) is 0 Å². The number of halogens is 2. The number of nitrogens with two attached hydrogens (primary N) is 1. The quantitative estimate of drug-likeness (QED) is 0.766. The van der Waals surface area contributed by atoms with Crippen molar-refractivity contribution in [1.29, 1.82) is 0 Å². The number of imidazole rings is 1. The Balaban J connectivity index is 1.51. The molecule has 1 aromatic carbocycles. The van der Waals surface area contributed by atoms with Crippen LogP contribution in [0.15, 0.2) is 24.4 Å². The number of primary amides is 1. The first-order valence-electron chi connectivity index (χ1n) is 9.50. The maximum Gasteiger partial charge on any atom is 0.416 e. The number of benzene rings is 1. The van der Waals surface area contributed by atoms with Crippen molar-refractivity contribution in [1.82, 2.24) is 9.55 Å². The number of anilines is 2. The topological polar surface area (TPSA) is 112 Å². The third kappa shape index (κ3) is 2.61. The second-order valence-corrected chi connectivity index (χ2v) is 7.65. The molecule has 2 aliphatic heterocycles. The summed E-state index contributed by atoms with van der Waals surface area (Å²) in [5.41, 5.74) is 4.94. The number of fused-ring (bicyclic) bond motifs is 4. The molecule has 1 saturated heterocycles. The van der Waals surface area contributed by atoms with Gasteiger partial charge in [0.25, 0.3) is 6.43 Å². The van der Waals surface area contributed by atoms with Gasteiger partial charge in [0.1, 0.15) is 30.3 Å². The van der Waals surface area contributed by atoms with Crippen LogP contribution in [0.5, 0.6) is 5.75 Å². The van der Waals surface area contributed by atoms with Crippen molar-refractivity contribution in [2.24, 2.45) is 5.73 Å². The second-order valence-electron chi connectivity index (χ2n) is 7.65. The molecule has 0 radical (unpaired) electrons. The Morgan fingerprint density at radius 1 is 1.43 bits per heavy atom. The zero-order chi connectivity index (χ0) is 21.2. The Hall–Kier alpha value is -3.37. The highest BCUT2D eigenvalue weighted by molar-refractivity contribution is 5.93. The fraction of sp³-hybridized carbons (Fsp3) is 0.421. The number of hydrogen-bond acceptors (Lipinski definition) is 6. The molecule has 3 aliphatic rings. The largest absolute Gasteiger partial charge is 0.491 e. The van der Waals surface area contributed by atoms with Crippen LogP contribution < -0.4 is 20.7 Å². The average molecular weight is 419 g/mol. The number of aromatic nitrogens is 2. The minimum Gasteiger partial charge on any atom is -0.491 e. The lowest BCUT2D eigenvalue weighted by atomic mass is 10.1. The van der Waals surface area contributed by atoms with Crippen LogP contribution in [0.1, 0.15) is 13.3 Å². The Kier molecular flexibility index (Phi) is 3.92. The number of hydrogen-bond donors (Lipinski definition) is 2. The number of nitrogens with one attached hydrogen (secondary N) is 1. The van der Waals surface area contributed by atoms with Gasteiger partial charge in [0, 0.05) is 24.4 Å². The molecule has 11 heteroatoms. The van der Waals surface area contributed by atoms with Crippen molar-refractivity contribution in [2.45, 2.75) is 44.0 Å². The van der Waals surface area contributed by atoms with Crippen molar-refractivity contribution >= 4 is 23.5 Å². The summed E-state index contributed by atoms with van der Waals surface area (Å²) in [6, 6.07) is 4.65. The number of nitrogens with zero attached hydrogens (tertiary/aromatic N) is 3. The lowest BCUT2D eigenvalue weighted by Crippen LogP contribution is -2.43. The molecule has 3 N–H and O–H groups in total. The molecule has 5 rings (SSSR count). The number of carbonyl (C=O) groups is 2. The van der Waals surface area contributed by atoms with E-state index < -0.39 is 36.1 Å². The highest BCUT2D eigenvalue weighted by Gasteiger charge is 2.74. The van der Waals surface area contributed by atoms with Crippen LogP contribution in [0, 0.1) is 0 Å². The molecule has 1 aliphatic carbocycles. The van der Waals surface area contributed by atoms with Crippen molar-refractivity contribution in [3.8, 4) is 17.1 Å². The van der Waals surface area contributed by atoms with Gasteiger partial charge in [-0.25, -0.2) is 23.5 Å². The van der Waals surface area contributed by atoms with Gasteiger partial charge in [0.15, 0.2) is 11.4 Å². The SMILES string of the molecule is CC(Nc1ccc2c(c1)OCCn1cc(N3C(=O)OC4C[C@@]43C(F)F)nc1-2)C(N)=O. The number of alkyl halides is 2. The van der Waals surface area contributed by atoms with E-state index >= 15 is 0 Å². The smallest absolute Gasteiger partial charge is 0.416 e. The molecule has 0 bridgehead atoms. The summed E-state index contributed by atoms with van der Waals surface area (Å²) in [6.45, 7) is 2.39. The van der Waals surface area contributed by atoms with Crippen LogP contribution in [0.2, 0.25) is 0 Å². The van der Waals surface area contributed by atoms with Gasteiger partial charge in [-0.3, -0.25) is 4.79 Å². The fourth-order valence-corrected chi connectivity index (χ4v) is 3.98. The lowest BCUT2D eigenvalue weighted by molar-refractivity contribution is -0.118. The summed E-state index contributed by atoms with van der Waals surface area (Å²) >= 11 is 0. The third-order valence-corrected chi connectivity index (χ3v) is 5.74. The molecule has 2 fully saturated rings. The summed E-state index contributed by atoms with van der Waals surface area (Å²) in [5.74, 6) is 0.653. The number of ether oxygens (including phenoxy) is 2. The predicted octanol–water partition coefficient (Wildman–Crippen LogP) is 1.96. The summed E-state index contributed by atoms with van der Waals surface area (Å²) in [4.78, 5) is 29.0. The first-order chi connectivity index (χ1) is 14.3. The molecule has 3 heterocycles. The van der Waals surface area contributed by atoms with Crippen LogP contribution in [-0.2, 0) is 16.1 Å². The van der Waals surface area contributed by atoms with Crippen LogP contribution in [0.3, 0.4) is 0 Å². The lowest BCUT2D eigenvalue weighted by Gasteiger charge is -2.22. The zero-order valence-corrected chi connectivity index (χ0v) is 16.0. The van der Waals surface area contributed by atoms with E-state index in [1.165, 1.54) is 0 Å². The molecular weight excluding hydrogens is 400 g/mol. The van der Waals surface area contributed by atoms with Gasteiger partial charge in [0.05, 0.1) is 12.1 Å². The minimum atomic E-state index is -2.73. The molecule has 158 valence electrons. The highest BCUT2D eigenvalue weighted by atomic mass is 19.3. The fourth-order valence-electron chi connectivity index (χ4n) is 3.98. The number of amides is 2. The first-order valence-corrected chi connectivity index (χ1v) is 9.50. The van der Waals surface area contributed by atoms with Gasteiger partial charge >= 0.3 is 6.09 Å². The molecular formula is C19H19F2N5O4. The average Bonchev–Trinajstić information content (AvgIpc) is 3.18. The molecule has 2 amide bonds. The van der Waals surface area contributed by atoms with Crippen LogP contribution in [0.4, 0.5) is 25.1 Å². The Morgan fingerprint density at radius 3 is 2.97 bits per heavy atom. The van der Waals surface area contributed by atoms with E-state index in [-0.39, 0.29) is 12.2 Å². The Morgan fingerprint density at radius 2 is 2.23 bits per heavy atom. The van der Waals surface area contributed by atoms with Gasteiger partial charge in [0.2, 0.25) is 5.91 Å².